The van der Waals surface area contributed by atoms with E-state index in [1.165, 1.54) is 35.0 Å². The topological polar surface area (TPSA) is 12.9 Å². The molecule has 0 saturated carbocycles. The summed E-state index contributed by atoms with van der Waals surface area (Å²) in [6, 6.07) is 25.5. The van der Waals surface area contributed by atoms with Crippen molar-refractivity contribution < 1.29 is 6.51 Å². The van der Waals surface area contributed by atoms with Crippen molar-refractivity contribution in [3.05, 3.63) is 78.0 Å². The fraction of sp³-hybridized carbons (Fsp3) is 0.400. The average Bonchev–Trinajstić information content (AvgIpc) is 3.69. The summed E-state index contributed by atoms with van der Waals surface area (Å²) in [6.07, 6.45) is 0. The molecule has 1 aromatic heterocycles. The van der Waals surface area contributed by atoms with Crippen LogP contribution in [0.5, 0.6) is 0 Å². The van der Waals surface area contributed by atoms with Crippen molar-refractivity contribution in [1.82, 2.24) is 4.98 Å². The summed E-state index contributed by atoms with van der Waals surface area (Å²) in [6.45, 7) is -3.77. The molecule has 0 N–H and O–H groups in total. The van der Waals surface area contributed by atoms with Gasteiger partial charge in [0.05, 0.1) is 0 Å². The number of fused-ring (bicyclic) bond motifs is 11. The molecular weight excluding hydrogens is 450 g/mol. The number of pyridine rings is 1. The predicted octanol–water partition coefficient (Wildman–Crippen LogP) is 6.44. The molecule has 3 heteroatoms. The monoisotopic (exact) mass is 467 g/mol. The molecule has 3 aromatic rings. The molecule has 10 aliphatic rings. The van der Waals surface area contributed by atoms with Gasteiger partial charge in [0.25, 0.3) is 0 Å². The third-order valence-electron chi connectivity index (χ3n) is 18.0. The molecule has 5 atom stereocenters. The molecule has 10 fully saturated rings. The quantitative estimate of drug-likeness (QED) is 0.312. The summed E-state index contributed by atoms with van der Waals surface area (Å²) in [7, 11) is 0. The third kappa shape index (κ3) is 0.182. The van der Waals surface area contributed by atoms with E-state index in [1.807, 2.05) is 0 Å². The Morgan fingerprint density at radius 3 is 2.11 bits per heavy atom. The average molecular weight is 468 g/mol. The van der Waals surface area contributed by atoms with Crippen molar-refractivity contribution >= 4 is 26.8 Å². The van der Waals surface area contributed by atoms with E-state index in [0.717, 1.165) is 9.63 Å². The molecule has 0 aliphatic carbocycles. The van der Waals surface area contributed by atoms with Crippen LogP contribution in [-0.2, 0) is 15.1 Å². The maximum absolute atomic E-state index is 5.44. The second-order valence-corrected chi connectivity index (χ2v) is 38.3. The van der Waals surface area contributed by atoms with Crippen LogP contribution in [0.3, 0.4) is 0 Å². The molecule has 1 nitrogen and oxygen atoms in total. The molecule has 11 heterocycles. The number of para-hydroxylation sites is 1. The van der Waals surface area contributed by atoms with E-state index in [9.17, 15) is 0 Å². The summed E-state index contributed by atoms with van der Waals surface area (Å²) in [5.41, 5.74) is 4.55. The molecule has 0 amide bonds. The molecular formula is C25H18BrFeN. The van der Waals surface area contributed by atoms with Crippen LogP contribution in [0.4, 0.5) is 0 Å². The van der Waals surface area contributed by atoms with E-state index in [2.05, 4.69) is 82.7 Å². The Morgan fingerprint density at radius 1 is 0.750 bits per heavy atom. The normalized spacial score (nSPS) is 82.2. The molecule has 10 aliphatic heterocycles. The van der Waals surface area contributed by atoms with Crippen molar-refractivity contribution in [2.24, 2.45) is 0 Å². The number of aromatic nitrogens is 1. The van der Waals surface area contributed by atoms with Crippen LogP contribution in [0.15, 0.2) is 66.7 Å². The third-order valence-corrected chi connectivity index (χ3v) is 68.2. The van der Waals surface area contributed by atoms with Gasteiger partial charge in [0.1, 0.15) is 0 Å². The number of hydrogen-bond acceptors (Lipinski definition) is 1. The van der Waals surface area contributed by atoms with Crippen molar-refractivity contribution in [1.29, 1.82) is 0 Å². The molecule has 0 bridgehead atoms. The maximum atomic E-state index is 5.44. The van der Waals surface area contributed by atoms with Gasteiger partial charge in [0.15, 0.2) is 0 Å². The van der Waals surface area contributed by atoms with E-state index in [-0.39, 0.29) is 0 Å². The van der Waals surface area contributed by atoms with Crippen molar-refractivity contribution in [2.75, 3.05) is 0 Å². The van der Waals surface area contributed by atoms with Crippen molar-refractivity contribution in [3.63, 3.8) is 0 Å². The number of hydrogen-bond donors (Lipinski definition) is 0. The van der Waals surface area contributed by atoms with Crippen molar-refractivity contribution in [3.8, 4) is 0 Å². The van der Waals surface area contributed by atoms with Gasteiger partial charge in [-0.3, -0.25) is 0 Å². The van der Waals surface area contributed by atoms with Crippen LogP contribution in [0, 0.1) is 0 Å². The van der Waals surface area contributed by atoms with Gasteiger partial charge in [0.2, 0.25) is 0 Å². The second kappa shape index (κ2) is 1.40. The van der Waals surface area contributed by atoms with Gasteiger partial charge in [-0.05, 0) is 0 Å². The molecule has 1 spiro atoms. The molecule has 13 rings (SSSR count). The fourth-order valence-corrected chi connectivity index (χ4v) is 109. The minimum atomic E-state index is -3.77. The first-order valence-electron chi connectivity index (χ1n) is 10.8. The van der Waals surface area contributed by atoms with Gasteiger partial charge in [-0.2, -0.15) is 0 Å². The van der Waals surface area contributed by atoms with E-state index < -0.39 is 6.51 Å². The number of alkyl halides is 1. The summed E-state index contributed by atoms with van der Waals surface area (Å²) >= 11 is 4.68. The molecule has 138 valence electrons. The zero-order chi connectivity index (χ0) is 17.7. The summed E-state index contributed by atoms with van der Waals surface area (Å²) in [5, 5.41) is 1.31. The zero-order valence-corrected chi connectivity index (χ0v) is 17.8. The van der Waals surface area contributed by atoms with Crippen molar-refractivity contribution in [2.45, 2.75) is 45.6 Å². The van der Waals surface area contributed by atoms with E-state index in [0.29, 0.717) is 11.8 Å². The van der Waals surface area contributed by atoms with Gasteiger partial charge < -0.3 is 0 Å². The van der Waals surface area contributed by atoms with Crippen LogP contribution >= 0.6 is 15.9 Å². The van der Waals surface area contributed by atoms with Crippen LogP contribution < -0.4 is 0 Å². The van der Waals surface area contributed by atoms with E-state index >= 15 is 0 Å². The summed E-state index contributed by atoms with van der Waals surface area (Å²) in [4.78, 5) is 13.7. The Morgan fingerprint density at radius 2 is 1.43 bits per heavy atom. The standard InChI is InChI=1S/C20H13BrN.C5H5.Fe/c21-18-13-16(12-17(18)14-6-2-1-3-7-14)20-11-10-15-8-4-5-9-19(15)22-20;1-2-4-5-3-1;/h1-13H;1-5H;. The predicted molar refractivity (Wildman–Crippen MR) is 109 cm³/mol. The number of nitrogens with zero attached hydrogens (tertiary/aromatic N) is 1. The Balaban J connectivity index is 1.28. The number of benzene rings is 2. The van der Waals surface area contributed by atoms with Crippen LogP contribution in [-0.4, -0.2) is 8.21 Å². The van der Waals surface area contributed by atoms with E-state index in [1.54, 1.807) is 11.3 Å². The number of rotatable bonds is 2. The Kier molecular flexibility index (Phi) is 0.594. The Bertz CT molecular complexity index is 1840. The van der Waals surface area contributed by atoms with E-state index in [4.69, 9.17) is 4.98 Å². The first-order valence-corrected chi connectivity index (χ1v) is 17.7. The fourth-order valence-electron chi connectivity index (χ4n) is 20.0. The molecule has 28 heavy (non-hydrogen) atoms. The van der Waals surface area contributed by atoms with Gasteiger partial charge in [0, 0.05) is 0 Å². The molecule has 10 saturated heterocycles. The van der Waals surface area contributed by atoms with Crippen LogP contribution in [0.1, 0.15) is 11.3 Å². The number of halogens is 1. The Hall–Kier alpha value is -1.15. The minimum absolute atomic E-state index is 0.600. The molecule has 2 aromatic carbocycles. The Labute approximate surface area is 161 Å². The van der Waals surface area contributed by atoms with Gasteiger partial charge in [-0.1, -0.05) is 0 Å². The first kappa shape index (κ1) is 11.9. The second-order valence-electron chi connectivity index (χ2n) is 13.5. The molecule has 0 radical (unpaired) electrons. The summed E-state index contributed by atoms with van der Waals surface area (Å²) < 4.78 is 1.84. The SMILES string of the molecule is Br[C]12[CH]3[C]4(c5ccc6ccccc6n5)[CH]5[C]1(c1ccccc1)[Fe]35421678[CH]2[CH]1[CH]6[CH]7[CH]28. The van der Waals surface area contributed by atoms with Gasteiger partial charge in [-0.25, -0.2) is 0 Å². The van der Waals surface area contributed by atoms with Crippen LogP contribution in [0.2, 0.25) is 33.7 Å². The molecule has 5 unspecified atom stereocenters. The first-order chi connectivity index (χ1) is 13.5. The zero-order valence-electron chi connectivity index (χ0n) is 15.1. The van der Waals surface area contributed by atoms with Crippen LogP contribution in [0.25, 0.3) is 10.9 Å². The van der Waals surface area contributed by atoms with Gasteiger partial charge >= 0.3 is 162 Å². The summed E-state index contributed by atoms with van der Waals surface area (Å²) in [5.74, 6) is 0. The van der Waals surface area contributed by atoms with Gasteiger partial charge in [-0.15, -0.1) is 0 Å².